The van der Waals surface area contributed by atoms with Crippen molar-refractivity contribution in [3.8, 4) is 0 Å². The van der Waals surface area contributed by atoms with Gasteiger partial charge in [-0.2, -0.15) is 0 Å². The molecule has 0 unspecified atom stereocenters. The van der Waals surface area contributed by atoms with E-state index in [0.29, 0.717) is 6.61 Å². The van der Waals surface area contributed by atoms with Crippen LogP contribution in [0, 0.1) is 5.41 Å². The molecule has 0 aliphatic rings. The smallest absolute Gasteiger partial charge is 0.311 e. The minimum absolute atomic E-state index is 0.0791. The summed E-state index contributed by atoms with van der Waals surface area (Å²) >= 11 is 0. The first-order valence-corrected chi connectivity index (χ1v) is 8.65. The van der Waals surface area contributed by atoms with Gasteiger partial charge in [-0.05, 0) is 27.2 Å². The van der Waals surface area contributed by atoms with Gasteiger partial charge in [-0.25, -0.2) is 0 Å². The fraction of sp³-hybridized carbons (Fsp3) is 0.944. The number of hydrogen-bond acceptors (Lipinski definition) is 2. The van der Waals surface area contributed by atoms with Gasteiger partial charge in [0.15, 0.2) is 0 Å². The summed E-state index contributed by atoms with van der Waals surface area (Å²) < 4.78 is 5.25. The summed E-state index contributed by atoms with van der Waals surface area (Å²) in [4.78, 5) is 11.5. The van der Waals surface area contributed by atoms with Crippen LogP contribution in [0.15, 0.2) is 0 Å². The van der Waals surface area contributed by atoms with Crippen LogP contribution in [-0.4, -0.2) is 12.6 Å². The summed E-state index contributed by atoms with van der Waals surface area (Å²) in [6.45, 7) is 8.55. The number of carbonyl (C=O) groups is 1. The molecule has 0 aliphatic heterocycles. The Bertz CT molecular complexity index is 228. The lowest BCUT2D eigenvalue weighted by atomic mass is 9.97. The maximum Gasteiger partial charge on any atom is 0.311 e. The molecular weight excluding hydrogens is 248 g/mol. The van der Waals surface area contributed by atoms with Crippen molar-refractivity contribution in [2.24, 2.45) is 5.41 Å². The normalized spacial score (nSPS) is 11.6. The monoisotopic (exact) mass is 284 g/mol. The van der Waals surface area contributed by atoms with Gasteiger partial charge < -0.3 is 4.74 Å². The molecule has 0 aromatic heterocycles. The fourth-order valence-electron chi connectivity index (χ4n) is 2.15. The molecule has 0 aliphatic carbocycles. The molecule has 0 radical (unpaired) electrons. The number of carbonyl (C=O) groups excluding carboxylic acids is 1. The van der Waals surface area contributed by atoms with Crippen LogP contribution in [0.1, 0.15) is 98.3 Å². The molecule has 0 saturated heterocycles. The Morgan fingerprint density at radius 1 is 0.750 bits per heavy atom. The molecule has 0 N–H and O–H groups in total. The Balaban J connectivity index is 3.16. The average Bonchev–Trinajstić information content (AvgIpc) is 2.38. The van der Waals surface area contributed by atoms with Gasteiger partial charge >= 0.3 is 5.97 Å². The number of rotatable bonds is 12. The Hall–Kier alpha value is -0.530. The highest BCUT2D eigenvalue weighted by molar-refractivity contribution is 5.75. The average molecular weight is 284 g/mol. The van der Waals surface area contributed by atoms with E-state index in [1.807, 2.05) is 20.8 Å². The molecule has 0 spiro atoms. The third-order valence-electron chi connectivity index (χ3n) is 3.59. The molecule has 0 bridgehead atoms. The van der Waals surface area contributed by atoms with Crippen LogP contribution in [0.2, 0.25) is 0 Å². The van der Waals surface area contributed by atoms with Crippen LogP contribution in [0.4, 0.5) is 0 Å². The quantitative estimate of drug-likeness (QED) is 0.330. The number of unbranched alkanes of at least 4 members (excludes halogenated alkanes) is 10. The molecule has 0 aromatic rings. The molecule has 0 saturated carbocycles. The van der Waals surface area contributed by atoms with Crippen molar-refractivity contribution >= 4 is 5.97 Å². The minimum atomic E-state index is -0.363. The second kappa shape index (κ2) is 12.2. The van der Waals surface area contributed by atoms with Crippen molar-refractivity contribution in [3.05, 3.63) is 0 Å². The summed E-state index contributed by atoms with van der Waals surface area (Å²) in [6, 6.07) is 0. The summed E-state index contributed by atoms with van der Waals surface area (Å²) in [6.07, 6.45) is 14.5. The summed E-state index contributed by atoms with van der Waals surface area (Å²) in [7, 11) is 0. The van der Waals surface area contributed by atoms with Crippen molar-refractivity contribution in [1.29, 1.82) is 0 Å². The maximum absolute atomic E-state index is 11.5. The van der Waals surface area contributed by atoms with E-state index in [-0.39, 0.29) is 11.4 Å². The third-order valence-corrected chi connectivity index (χ3v) is 3.59. The van der Waals surface area contributed by atoms with E-state index in [2.05, 4.69) is 6.92 Å². The molecule has 2 nitrogen and oxygen atoms in total. The van der Waals surface area contributed by atoms with Crippen LogP contribution < -0.4 is 0 Å². The lowest BCUT2D eigenvalue weighted by Gasteiger charge is -2.16. The molecule has 120 valence electrons. The van der Waals surface area contributed by atoms with Gasteiger partial charge in [0.1, 0.15) is 0 Å². The van der Waals surface area contributed by atoms with Gasteiger partial charge in [0.25, 0.3) is 0 Å². The fourth-order valence-corrected chi connectivity index (χ4v) is 2.15. The first-order chi connectivity index (χ1) is 9.48. The maximum atomic E-state index is 11.5. The standard InChI is InChI=1S/C18H36O2/c1-5-6-7-8-9-10-11-12-13-14-15-16-20-17(19)18(2,3)4/h5-16H2,1-4H3. The van der Waals surface area contributed by atoms with E-state index >= 15 is 0 Å². The highest BCUT2D eigenvalue weighted by Gasteiger charge is 2.22. The summed E-state index contributed by atoms with van der Waals surface area (Å²) in [5, 5.41) is 0. The number of ether oxygens (including phenoxy) is 1. The zero-order chi connectivity index (χ0) is 15.3. The van der Waals surface area contributed by atoms with Gasteiger partial charge in [0.05, 0.1) is 12.0 Å². The molecule has 0 heterocycles. The van der Waals surface area contributed by atoms with E-state index in [9.17, 15) is 4.79 Å². The Kier molecular flexibility index (Phi) is 11.9. The van der Waals surface area contributed by atoms with Crippen molar-refractivity contribution in [2.75, 3.05) is 6.61 Å². The predicted octanol–water partition coefficient (Wildman–Crippen LogP) is 5.89. The van der Waals surface area contributed by atoms with Crippen LogP contribution in [0.5, 0.6) is 0 Å². The largest absolute Gasteiger partial charge is 0.465 e. The Morgan fingerprint density at radius 2 is 1.15 bits per heavy atom. The lowest BCUT2D eigenvalue weighted by molar-refractivity contribution is -0.153. The molecule has 0 fully saturated rings. The molecule has 0 amide bonds. The second-order valence-corrected chi connectivity index (χ2v) is 6.92. The van der Waals surface area contributed by atoms with Crippen LogP contribution in [0.25, 0.3) is 0 Å². The molecule has 0 atom stereocenters. The molecule has 2 heteroatoms. The lowest BCUT2D eigenvalue weighted by Crippen LogP contribution is -2.23. The minimum Gasteiger partial charge on any atom is -0.465 e. The van der Waals surface area contributed by atoms with Crippen molar-refractivity contribution in [3.63, 3.8) is 0 Å². The molecule has 0 rings (SSSR count). The van der Waals surface area contributed by atoms with Crippen LogP contribution in [0.3, 0.4) is 0 Å². The van der Waals surface area contributed by atoms with E-state index in [1.54, 1.807) is 0 Å². The highest BCUT2D eigenvalue weighted by Crippen LogP contribution is 2.16. The number of hydrogen-bond donors (Lipinski definition) is 0. The van der Waals surface area contributed by atoms with Gasteiger partial charge in [-0.3, -0.25) is 4.79 Å². The predicted molar refractivity (Wildman–Crippen MR) is 86.9 cm³/mol. The summed E-state index contributed by atoms with van der Waals surface area (Å²) in [5.74, 6) is -0.0791. The van der Waals surface area contributed by atoms with Gasteiger partial charge in [0.2, 0.25) is 0 Å². The first-order valence-electron chi connectivity index (χ1n) is 8.65. The van der Waals surface area contributed by atoms with Gasteiger partial charge in [-0.1, -0.05) is 71.1 Å². The van der Waals surface area contributed by atoms with E-state index in [0.717, 1.165) is 6.42 Å². The van der Waals surface area contributed by atoms with E-state index in [4.69, 9.17) is 4.74 Å². The zero-order valence-electron chi connectivity index (χ0n) is 14.3. The molecule has 20 heavy (non-hydrogen) atoms. The highest BCUT2D eigenvalue weighted by atomic mass is 16.5. The SMILES string of the molecule is CCCCCCCCCCCCCOC(=O)C(C)(C)C. The molecule has 0 aromatic carbocycles. The van der Waals surface area contributed by atoms with Crippen LogP contribution in [-0.2, 0) is 9.53 Å². The van der Waals surface area contributed by atoms with Crippen molar-refractivity contribution < 1.29 is 9.53 Å². The topological polar surface area (TPSA) is 26.3 Å². The van der Waals surface area contributed by atoms with Gasteiger partial charge in [0, 0.05) is 0 Å². The van der Waals surface area contributed by atoms with Crippen molar-refractivity contribution in [2.45, 2.75) is 98.3 Å². The van der Waals surface area contributed by atoms with E-state index < -0.39 is 0 Å². The Labute approximate surface area is 126 Å². The summed E-state index contributed by atoms with van der Waals surface area (Å²) in [5.41, 5.74) is -0.363. The van der Waals surface area contributed by atoms with E-state index in [1.165, 1.54) is 64.2 Å². The molecular formula is C18H36O2. The number of esters is 1. The second-order valence-electron chi connectivity index (χ2n) is 6.92. The zero-order valence-corrected chi connectivity index (χ0v) is 14.3. The first kappa shape index (κ1) is 19.5. The van der Waals surface area contributed by atoms with Crippen LogP contribution >= 0.6 is 0 Å². The third kappa shape index (κ3) is 12.5. The Morgan fingerprint density at radius 3 is 1.55 bits per heavy atom. The van der Waals surface area contributed by atoms with Gasteiger partial charge in [-0.15, -0.1) is 0 Å². The van der Waals surface area contributed by atoms with Crippen molar-refractivity contribution in [1.82, 2.24) is 0 Å².